The van der Waals surface area contributed by atoms with Crippen LogP contribution in [-0.4, -0.2) is 17.1 Å². The van der Waals surface area contributed by atoms with Crippen molar-refractivity contribution in [3.63, 3.8) is 0 Å². The van der Waals surface area contributed by atoms with E-state index in [1.165, 1.54) is 35.5 Å². The van der Waals surface area contributed by atoms with Gasteiger partial charge in [-0.1, -0.05) is 11.2 Å². The minimum atomic E-state index is -0.505. The van der Waals surface area contributed by atoms with E-state index in [1.807, 2.05) is 13.8 Å². The van der Waals surface area contributed by atoms with Crippen molar-refractivity contribution < 1.29 is 13.6 Å². The van der Waals surface area contributed by atoms with Gasteiger partial charge in [-0.3, -0.25) is 0 Å². The zero-order valence-corrected chi connectivity index (χ0v) is 16.5. The summed E-state index contributed by atoms with van der Waals surface area (Å²) in [5.41, 5.74) is 1.75. The van der Waals surface area contributed by atoms with E-state index in [2.05, 4.69) is 26.5 Å². The van der Waals surface area contributed by atoms with Crippen LogP contribution in [0.15, 0.2) is 33.2 Å². The van der Waals surface area contributed by atoms with Gasteiger partial charge in [-0.05, 0) is 52.9 Å². The molecule has 1 aromatic carbocycles. The average molecular weight is 432 g/mol. The summed E-state index contributed by atoms with van der Waals surface area (Å²) < 4.78 is 28.4. The Labute approximate surface area is 156 Å². The molecule has 0 fully saturated rings. The molecule has 1 atom stereocenters. The maximum atomic E-state index is 13.7. The van der Waals surface area contributed by atoms with Crippen molar-refractivity contribution in [1.29, 1.82) is 0 Å². The Kier molecular flexibility index (Phi) is 5.32. The van der Waals surface area contributed by atoms with Gasteiger partial charge in [0.1, 0.15) is 22.9 Å². The average Bonchev–Trinajstić information content (AvgIpc) is 3.07. The molecule has 1 aliphatic heterocycles. The molecule has 0 spiro atoms. The quantitative estimate of drug-likeness (QED) is 0.586. The minimum Gasteiger partial charge on any atom is -0.388 e. The number of benzene rings is 1. The summed E-state index contributed by atoms with van der Waals surface area (Å²) in [6.07, 6.45) is 0.679. The number of thiophene rings is 1. The van der Waals surface area contributed by atoms with Crippen LogP contribution < -0.4 is 0 Å². The Hall–Kier alpha value is -0.920. The molecule has 1 unspecified atom stereocenters. The fraction of sp³-hybridized carbons (Fsp3) is 0.353. The zero-order valence-electron chi connectivity index (χ0n) is 13.2. The molecule has 3 rings (SSSR count). The molecular formula is C17H16BrF2NOS2. The summed E-state index contributed by atoms with van der Waals surface area (Å²) >= 11 is 6.67. The van der Waals surface area contributed by atoms with Gasteiger partial charge < -0.3 is 4.84 Å². The fourth-order valence-electron chi connectivity index (χ4n) is 2.45. The van der Waals surface area contributed by atoms with E-state index in [9.17, 15) is 8.78 Å². The van der Waals surface area contributed by atoms with Crippen molar-refractivity contribution >= 4 is 44.7 Å². The van der Waals surface area contributed by atoms with Gasteiger partial charge in [-0.25, -0.2) is 8.78 Å². The fourth-order valence-corrected chi connectivity index (χ4v) is 5.31. The number of oxime groups is 1. The van der Waals surface area contributed by atoms with Gasteiger partial charge in [-0.2, -0.15) is 11.8 Å². The number of halogens is 3. The molecule has 0 saturated heterocycles. The van der Waals surface area contributed by atoms with E-state index < -0.39 is 17.2 Å². The van der Waals surface area contributed by atoms with Crippen molar-refractivity contribution in [2.75, 3.05) is 5.75 Å². The van der Waals surface area contributed by atoms with Crippen molar-refractivity contribution in [2.45, 2.75) is 31.6 Å². The van der Waals surface area contributed by atoms with Gasteiger partial charge >= 0.3 is 0 Å². The molecule has 2 heterocycles. The first-order valence-corrected chi connectivity index (χ1v) is 10.2. The summed E-state index contributed by atoms with van der Waals surface area (Å²) in [6.45, 7) is 4.01. The second-order valence-corrected chi connectivity index (χ2v) is 8.67. The monoisotopic (exact) mass is 431 g/mol. The summed E-state index contributed by atoms with van der Waals surface area (Å²) in [7, 11) is 0. The van der Waals surface area contributed by atoms with Gasteiger partial charge in [0, 0.05) is 28.0 Å². The van der Waals surface area contributed by atoms with Crippen LogP contribution in [0.1, 0.15) is 29.3 Å². The van der Waals surface area contributed by atoms with Crippen LogP contribution in [0.4, 0.5) is 8.78 Å². The molecular weight excluding hydrogens is 416 g/mol. The highest BCUT2D eigenvalue weighted by Crippen LogP contribution is 2.36. The Morgan fingerprint density at radius 1 is 1.38 bits per heavy atom. The van der Waals surface area contributed by atoms with Gasteiger partial charge in [0.2, 0.25) is 0 Å². The number of hydrogen-bond acceptors (Lipinski definition) is 4. The van der Waals surface area contributed by atoms with E-state index in [4.69, 9.17) is 4.84 Å². The molecule has 7 heteroatoms. The molecule has 128 valence electrons. The molecule has 1 aromatic heterocycles. The van der Waals surface area contributed by atoms with Crippen molar-refractivity contribution in [3.8, 4) is 0 Å². The number of rotatable bonds is 5. The first kappa shape index (κ1) is 17.9. The summed E-state index contributed by atoms with van der Waals surface area (Å²) in [4.78, 5) is 6.72. The number of nitrogens with zero attached hydrogens (tertiary/aromatic N) is 1. The zero-order chi connectivity index (χ0) is 17.3. The molecule has 24 heavy (non-hydrogen) atoms. The smallest absolute Gasteiger partial charge is 0.149 e. The minimum absolute atomic E-state index is 0.113. The van der Waals surface area contributed by atoms with Crippen molar-refractivity contribution in [2.24, 2.45) is 5.16 Å². The maximum absolute atomic E-state index is 13.7. The second-order valence-electron chi connectivity index (χ2n) is 6.01. The van der Waals surface area contributed by atoms with Gasteiger partial charge in [0.05, 0.1) is 4.88 Å². The second kappa shape index (κ2) is 7.14. The van der Waals surface area contributed by atoms with Crippen LogP contribution >= 0.6 is 39.0 Å². The van der Waals surface area contributed by atoms with Crippen LogP contribution in [0.2, 0.25) is 0 Å². The van der Waals surface area contributed by atoms with E-state index in [0.717, 1.165) is 15.1 Å². The Morgan fingerprint density at radius 3 is 2.71 bits per heavy atom. The lowest BCUT2D eigenvalue weighted by atomic mass is 10.0. The highest BCUT2D eigenvalue weighted by molar-refractivity contribution is 9.10. The molecule has 0 N–H and O–H groups in total. The van der Waals surface area contributed by atoms with Crippen LogP contribution in [0.25, 0.3) is 0 Å². The van der Waals surface area contributed by atoms with Crippen molar-refractivity contribution in [1.82, 2.24) is 0 Å². The first-order chi connectivity index (χ1) is 11.4. The summed E-state index contributed by atoms with van der Waals surface area (Å²) in [6, 6.07) is 3.94. The third-order valence-corrected chi connectivity index (χ3v) is 7.53. The molecule has 1 aliphatic rings. The van der Waals surface area contributed by atoms with Crippen LogP contribution in [0.3, 0.4) is 0 Å². The molecule has 2 nitrogen and oxygen atoms in total. The predicted molar refractivity (Wildman–Crippen MR) is 99.9 cm³/mol. The lowest BCUT2D eigenvalue weighted by molar-refractivity contribution is 0.0163. The van der Waals surface area contributed by atoms with Gasteiger partial charge in [0.15, 0.2) is 0 Å². The summed E-state index contributed by atoms with van der Waals surface area (Å²) in [5, 5.41) is 6.31. The van der Waals surface area contributed by atoms with E-state index >= 15 is 0 Å². The van der Waals surface area contributed by atoms with E-state index in [0.29, 0.717) is 12.2 Å². The number of hydrogen-bond donors (Lipinski definition) is 0. The standard InChI is InChI=1S/C17H16BrF2NOS2/c1-10-7-24-16(15(10)18)14-6-17(2,22-21-14)9-23-8-11-12(19)4-3-5-13(11)20/h3-5,7H,6,8-9H2,1-2H3. The Morgan fingerprint density at radius 2 is 2.08 bits per heavy atom. The third kappa shape index (κ3) is 3.68. The van der Waals surface area contributed by atoms with Crippen molar-refractivity contribution in [3.05, 3.63) is 55.7 Å². The van der Waals surface area contributed by atoms with Crippen LogP contribution in [-0.2, 0) is 10.6 Å². The van der Waals surface area contributed by atoms with Gasteiger partial charge in [0.25, 0.3) is 0 Å². The predicted octanol–water partition coefficient (Wildman–Crippen LogP) is 5.91. The molecule has 0 saturated carbocycles. The van der Waals surface area contributed by atoms with Gasteiger partial charge in [-0.15, -0.1) is 11.3 Å². The highest BCUT2D eigenvalue weighted by atomic mass is 79.9. The normalized spacial score (nSPS) is 20.1. The third-order valence-electron chi connectivity index (χ3n) is 3.79. The highest BCUT2D eigenvalue weighted by Gasteiger charge is 2.36. The van der Waals surface area contributed by atoms with E-state index in [1.54, 1.807) is 11.3 Å². The first-order valence-electron chi connectivity index (χ1n) is 7.39. The largest absolute Gasteiger partial charge is 0.388 e. The molecule has 0 radical (unpaired) electrons. The molecule has 0 amide bonds. The summed E-state index contributed by atoms with van der Waals surface area (Å²) in [5.74, 6) is -0.130. The number of aryl methyl sites for hydroxylation is 1. The molecule has 0 bridgehead atoms. The topological polar surface area (TPSA) is 21.6 Å². The SMILES string of the molecule is Cc1csc(C2=NOC(C)(CSCc3c(F)cccc3F)C2)c1Br. The maximum Gasteiger partial charge on any atom is 0.149 e. The van der Waals surface area contributed by atoms with Crippen LogP contribution in [0, 0.1) is 18.6 Å². The Balaban J connectivity index is 1.60. The molecule has 0 aliphatic carbocycles. The lowest BCUT2D eigenvalue weighted by Gasteiger charge is -2.20. The number of thioether (sulfide) groups is 1. The lowest BCUT2D eigenvalue weighted by Crippen LogP contribution is -2.28. The molecule has 2 aromatic rings. The van der Waals surface area contributed by atoms with E-state index in [-0.39, 0.29) is 11.3 Å². The van der Waals surface area contributed by atoms with Crippen LogP contribution in [0.5, 0.6) is 0 Å². The Bertz CT molecular complexity index is 773.